The maximum atomic E-state index is 11.3. The smallest absolute Gasteiger partial charge is 0.239 e. The summed E-state index contributed by atoms with van der Waals surface area (Å²) in [6.07, 6.45) is 0. The van der Waals surface area contributed by atoms with Gasteiger partial charge in [0.2, 0.25) is 5.91 Å². The van der Waals surface area contributed by atoms with Gasteiger partial charge in [-0.3, -0.25) is 4.79 Å². The van der Waals surface area contributed by atoms with Crippen molar-refractivity contribution in [2.75, 3.05) is 23.1 Å². The molecule has 0 radical (unpaired) electrons. The Balaban J connectivity index is 2.42. The molecule has 4 heteroatoms. The van der Waals surface area contributed by atoms with Crippen molar-refractivity contribution < 1.29 is 4.79 Å². The maximum Gasteiger partial charge on any atom is 0.239 e. The van der Waals surface area contributed by atoms with Crippen molar-refractivity contribution in [3.63, 3.8) is 0 Å². The fraction of sp³-hybridized carbons (Fsp3) is 0.357. The van der Waals surface area contributed by atoms with E-state index in [0.29, 0.717) is 0 Å². The fourth-order valence-electron chi connectivity index (χ4n) is 2.32. The van der Waals surface area contributed by atoms with Crippen molar-refractivity contribution in [1.82, 2.24) is 0 Å². The number of nitrogens with zero attached hydrogens (tertiary/aromatic N) is 1. The van der Waals surface area contributed by atoms with Gasteiger partial charge >= 0.3 is 0 Å². The van der Waals surface area contributed by atoms with Crippen LogP contribution < -0.4 is 10.2 Å². The molecule has 1 N–H and O–H groups in total. The second-order valence-electron chi connectivity index (χ2n) is 5.04. The number of benzene rings is 1. The number of rotatable bonds is 2. The number of hydrogen-bond acceptors (Lipinski definition) is 2. The molecule has 96 valence electrons. The molecule has 1 heterocycles. The molecule has 0 unspecified atom stereocenters. The van der Waals surface area contributed by atoms with E-state index in [1.165, 1.54) is 5.56 Å². The first kappa shape index (κ1) is 13.0. The monoisotopic (exact) mass is 264 g/mol. The molecule has 1 aliphatic heterocycles. The van der Waals surface area contributed by atoms with E-state index < -0.39 is 0 Å². The third-order valence-electron chi connectivity index (χ3n) is 3.56. The SMILES string of the molecule is C=C1N(C)c2ccc(NC(=O)CCl)cc2C1(C)C. The maximum absolute atomic E-state index is 11.3. The zero-order valence-corrected chi connectivity index (χ0v) is 11.6. The molecule has 2 rings (SSSR count). The van der Waals surface area contributed by atoms with Crippen LogP contribution in [-0.4, -0.2) is 18.8 Å². The predicted molar refractivity (Wildman–Crippen MR) is 76.4 cm³/mol. The fourth-order valence-corrected chi connectivity index (χ4v) is 2.39. The van der Waals surface area contributed by atoms with Crippen LogP contribution in [0.15, 0.2) is 30.5 Å². The minimum atomic E-state index is -0.195. The summed E-state index contributed by atoms with van der Waals surface area (Å²) in [7, 11) is 2.01. The van der Waals surface area contributed by atoms with Crippen LogP contribution in [0.25, 0.3) is 0 Å². The molecule has 1 aromatic carbocycles. The van der Waals surface area contributed by atoms with Crippen molar-refractivity contribution in [2.24, 2.45) is 0 Å². The molecule has 0 saturated heterocycles. The van der Waals surface area contributed by atoms with Crippen LogP contribution in [0.5, 0.6) is 0 Å². The summed E-state index contributed by atoms with van der Waals surface area (Å²) < 4.78 is 0. The second kappa shape index (κ2) is 4.32. The Bertz CT molecular complexity index is 523. The van der Waals surface area contributed by atoms with E-state index in [0.717, 1.165) is 17.1 Å². The average molecular weight is 265 g/mol. The number of allylic oxidation sites excluding steroid dienone is 1. The van der Waals surface area contributed by atoms with Gasteiger partial charge in [0.25, 0.3) is 0 Å². The number of halogens is 1. The van der Waals surface area contributed by atoms with Gasteiger partial charge in [0.1, 0.15) is 5.88 Å². The van der Waals surface area contributed by atoms with Crippen molar-refractivity contribution in [3.05, 3.63) is 36.0 Å². The van der Waals surface area contributed by atoms with E-state index in [1.54, 1.807) is 0 Å². The average Bonchev–Trinajstić information content (AvgIpc) is 2.51. The Hall–Kier alpha value is -1.48. The van der Waals surface area contributed by atoms with E-state index in [-0.39, 0.29) is 17.2 Å². The lowest BCUT2D eigenvalue weighted by atomic mass is 9.84. The van der Waals surface area contributed by atoms with Gasteiger partial charge in [0.15, 0.2) is 0 Å². The summed E-state index contributed by atoms with van der Waals surface area (Å²) in [5.41, 5.74) is 4.01. The quantitative estimate of drug-likeness (QED) is 0.833. The van der Waals surface area contributed by atoms with Gasteiger partial charge in [-0.2, -0.15) is 0 Å². The van der Waals surface area contributed by atoms with Gasteiger partial charge < -0.3 is 10.2 Å². The lowest BCUT2D eigenvalue weighted by Crippen LogP contribution is -2.21. The predicted octanol–water partition coefficient (Wildman–Crippen LogP) is 3.11. The number of alkyl halides is 1. The molecular formula is C14H17ClN2O. The Morgan fingerprint density at radius 2 is 2.17 bits per heavy atom. The number of anilines is 2. The largest absolute Gasteiger partial charge is 0.348 e. The molecule has 0 aliphatic carbocycles. The van der Waals surface area contributed by atoms with E-state index in [1.807, 2.05) is 25.2 Å². The zero-order valence-electron chi connectivity index (χ0n) is 10.9. The van der Waals surface area contributed by atoms with Gasteiger partial charge in [-0.15, -0.1) is 11.6 Å². The minimum Gasteiger partial charge on any atom is -0.348 e. The Morgan fingerprint density at radius 1 is 1.50 bits per heavy atom. The van der Waals surface area contributed by atoms with Crippen LogP contribution >= 0.6 is 11.6 Å². The number of likely N-dealkylation sites (N-methyl/N-ethyl adjacent to an activating group) is 1. The first-order valence-corrected chi connectivity index (χ1v) is 6.35. The van der Waals surface area contributed by atoms with Crippen LogP contribution in [0.1, 0.15) is 19.4 Å². The standard InChI is InChI=1S/C14H17ClN2O/c1-9-14(2,3)11-7-10(16-13(18)8-15)5-6-12(11)17(9)4/h5-7H,1,8H2,2-4H3,(H,16,18). The number of hydrogen-bond donors (Lipinski definition) is 1. The highest BCUT2D eigenvalue weighted by Gasteiger charge is 2.37. The Kier molecular flexibility index (Phi) is 3.11. The molecule has 1 aromatic rings. The molecule has 3 nitrogen and oxygen atoms in total. The molecule has 0 bridgehead atoms. The van der Waals surface area contributed by atoms with Gasteiger partial charge in [0.05, 0.1) is 0 Å². The van der Waals surface area contributed by atoms with Crippen LogP contribution in [0.2, 0.25) is 0 Å². The summed E-state index contributed by atoms with van der Waals surface area (Å²) in [6.45, 7) is 8.39. The van der Waals surface area contributed by atoms with Crippen LogP contribution in [0.3, 0.4) is 0 Å². The molecule has 1 amide bonds. The van der Waals surface area contributed by atoms with E-state index in [9.17, 15) is 4.79 Å². The number of carbonyl (C=O) groups is 1. The minimum absolute atomic E-state index is 0.0346. The third-order valence-corrected chi connectivity index (χ3v) is 3.81. The van der Waals surface area contributed by atoms with Gasteiger partial charge in [-0.05, 0) is 23.8 Å². The third kappa shape index (κ3) is 1.89. The first-order chi connectivity index (χ1) is 8.37. The van der Waals surface area contributed by atoms with E-state index in [2.05, 4.69) is 30.6 Å². The molecule has 0 fully saturated rings. The summed E-state index contributed by atoms with van der Waals surface area (Å²) in [5.74, 6) is -0.229. The Labute approximate surface area is 112 Å². The van der Waals surface area contributed by atoms with Gasteiger partial charge in [-0.25, -0.2) is 0 Å². The number of nitrogens with one attached hydrogen (secondary N) is 1. The van der Waals surface area contributed by atoms with Crippen molar-refractivity contribution in [2.45, 2.75) is 19.3 Å². The summed E-state index contributed by atoms with van der Waals surface area (Å²) in [4.78, 5) is 13.4. The lowest BCUT2D eigenvalue weighted by Gasteiger charge is -2.22. The molecule has 0 saturated carbocycles. The molecule has 0 atom stereocenters. The van der Waals surface area contributed by atoms with Crippen molar-refractivity contribution in [3.8, 4) is 0 Å². The number of carbonyl (C=O) groups excluding carboxylic acids is 1. The number of amides is 1. The van der Waals surface area contributed by atoms with Crippen molar-refractivity contribution in [1.29, 1.82) is 0 Å². The van der Waals surface area contributed by atoms with Crippen LogP contribution in [0.4, 0.5) is 11.4 Å². The zero-order chi connectivity index (χ0) is 13.5. The summed E-state index contributed by atoms with van der Waals surface area (Å²) in [5, 5.41) is 2.77. The highest BCUT2D eigenvalue weighted by molar-refractivity contribution is 6.29. The normalized spacial score (nSPS) is 16.7. The molecule has 0 spiro atoms. The lowest BCUT2D eigenvalue weighted by molar-refractivity contribution is -0.113. The van der Waals surface area contributed by atoms with Crippen LogP contribution in [0, 0.1) is 0 Å². The highest BCUT2D eigenvalue weighted by Crippen LogP contribution is 2.46. The highest BCUT2D eigenvalue weighted by atomic mass is 35.5. The molecule has 1 aliphatic rings. The molecular weight excluding hydrogens is 248 g/mol. The topological polar surface area (TPSA) is 32.3 Å². The molecule has 18 heavy (non-hydrogen) atoms. The second-order valence-corrected chi connectivity index (χ2v) is 5.31. The summed E-state index contributed by atoms with van der Waals surface area (Å²) >= 11 is 5.49. The first-order valence-electron chi connectivity index (χ1n) is 5.81. The van der Waals surface area contributed by atoms with E-state index >= 15 is 0 Å². The van der Waals surface area contributed by atoms with E-state index in [4.69, 9.17) is 11.6 Å². The van der Waals surface area contributed by atoms with Crippen LogP contribution in [-0.2, 0) is 10.2 Å². The van der Waals surface area contributed by atoms with Gasteiger partial charge in [0, 0.05) is 29.5 Å². The number of fused-ring (bicyclic) bond motifs is 1. The Morgan fingerprint density at radius 3 is 2.78 bits per heavy atom. The van der Waals surface area contributed by atoms with Gasteiger partial charge in [-0.1, -0.05) is 20.4 Å². The van der Waals surface area contributed by atoms with Crippen molar-refractivity contribution >= 4 is 28.9 Å². The molecule has 0 aromatic heterocycles. The summed E-state index contributed by atoms with van der Waals surface area (Å²) in [6, 6.07) is 5.88.